The van der Waals surface area contributed by atoms with Gasteiger partial charge in [0.1, 0.15) is 5.76 Å². The van der Waals surface area contributed by atoms with Gasteiger partial charge < -0.3 is 4.42 Å². The summed E-state index contributed by atoms with van der Waals surface area (Å²) in [6.45, 7) is 1.90. The molecule has 0 N–H and O–H groups in total. The third-order valence-electron chi connectivity index (χ3n) is 2.69. The molecule has 84 valence electrons. The quantitative estimate of drug-likeness (QED) is 0.671. The van der Waals surface area contributed by atoms with Crippen LogP contribution < -0.4 is 0 Å². The van der Waals surface area contributed by atoms with Crippen molar-refractivity contribution < 1.29 is 4.42 Å². The van der Waals surface area contributed by atoms with Crippen LogP contribution in [0.2, 0.25) is 0 Å². The number of fused-ring (bicyclic) bond motifs is 1. The number of aryl methyl sites for hydroxylation is 1. The number of hydrogen-bond acceptors (Lipinski definition) is 3. The molecule has 0 saturated heterocycles. The number of rotatable bonds is 2. The van der Waals surface area contributed by atoms with Gasteiger partial charge in [0.25, 0.3) is 0 Å². The van der Waals surface area contributed by atoms with E-state index in [1.54, 1.807) is 12.4 Å². The van der Waals surface area contributed by atoms with Crippen molar-refractivity contribution in [3.8, 4) is 0 Å². The second kappa shape index (κ2) is 4.01. The third kappa shape index (κ3) is 2.04. The lowest BCUT2D eigenvalue weighted by Gasteiger charge is -2.00. The molecule has 0 aliphatic carbocycles. The molecule has 3 rings (SSSR count). The lowest BCUT2D eigenvalue weighted by molar-refractivity contribution is 0.481. The average Bonchev–Trinajstić information content (AvgIpc) is 2.75. The van der Waals surface area contributed by atoms with Crippen LogP contribution in [0.4, 0.5) is 0 Å². The predicted octanol–water partition coefficient (Wildman–Crippen LogP) is 3.12. The van der Waals surface area contributed by atoms with E-state index in [0.29, 0.717) is 0 Å². The van der Waals surface area contributed by atoms with Crippen molar-refractivity contribution in [1.29, 1.82) is 0 Å². The van der Waals surface area contributed by atoms with Crippen molar-refractivity contribution in [2.75, 3.05) is 0 Å². The summed E-state index contributed by atoms with van der Waals surface area (Å²) in [5.41, 5.74) is 2.20. The van der Waals surface area contributed by atoms with E-state index in [2.05, 4.69) is 28.2 Å². The molecule has 0 aliphatic heterocycles. The molecule has 0 amide bonds. The number of hydrogen-bond donors (Lipinski definition) is 0. The van der Waals surface area contributed by atoms with Gasteiger partial charge in [-0.3, -0.25) is 4.98 Å². The van der Waals surface area contributed by atoms with E-state index in [9.17, 15) is 0 Å². The molecule has 0 aliphatic rings. The zero-order valence-electron chi connectivity index (χ0n) is 9.55. The van der Waals surface area contributed by atoms with Crippen molar-refractivity contribution in [1.82, 2.24) is 9.97 Å². The van der Waals surface area contributed by atoms with Gasteiger partial charge in [-0.1, -0.05) is 12.1 Å². The van der Waals surface area contributed by atoms with Crippen LogP contribution in [0.1, 0.15) is 17.2 Å². The van der Waals surface area contributed by atoms with Crippen molar-refractivity contribution >= 4 is 10.9 Å². The van der Waals surface area contributed by atoms with Gasteiger partial charge >= 0.3 is 0 Å². The normalized spacial score (nSPS) is 10.9. The van der Waals surface area contributed by atoms with Gasteiger partial charge in [0.2, 0.25) is 0 Å². The summed E-state index contributed by atoms with van der Waals surface area (Å²) < 4.78 is 5.47. The zero-order chi connectivity index (χ0) is 11.7. The molecular formula is C14H12N2O. The summed E-state index contributed by atoms with van der Waals surface area (Å²) in [6, 6.07) is 10.2. The lowest BCUT2D eigenvalue weighted by Crippen LogP contribution is -1.88. The van der Waals surface area contributed by atoms with Crippen LogP contribution >= 0.6 is 0 Å². The number of nitrogens with zero attached hydrogens (tertiary/aromatic N) is 2. The van der Waals surface area contributed by atoms with Crippen molar-refractivity contribution in [3.63, 3.8) is 0 Å². The first kappa shape index (κ1) is 10.0. The minimum Gasteiger partial charge on any atom is -0.446 e. The van der Waals surface area contributed by atoms with Crippen LogP contribution in [-0.2, 0) is 6.42 Å². The van der Waals surface area contributed by atoms with Crippen molar-refractivity contribution in [3.05, 3.63) is 59.9 Å². The Morgan fingerprint density at radius 3 is 2.94 bits per heavy atom. The highest BCUT2D eigenvalue weighted by atomic mass is 16.3. The van der Waals surface area contributed by atoms with Crippen molar-refractivity contribution in [2.24, 2.45) is 0 Å². The van der Waals surface area contributed by atoms with E-state index in [1.165, 1.54) is 5.56 Å². The largest absolute Gasteiger partial charge is 0.446 e. The zero-order valence-corrected chi connectivity index (χ0v) is 9.55. The fourth-order valence-electron chi connectivity index (χ4n) is 1.89. The molecule has 3 heteroatoms. The van der Waals surface area contributed by atoms with E-state index >= 15 is 0 Å². The molecule has 0 radical (unpaired) electrons. The van der Waals surface area contributed by atoms with Crippen LogP contribution in [0.25, 0.3) is 10.9 Å². The number of pyridine rings is 1. The summed E-state index contributed by atoms with van der Waals surface area (Å²) in [5, 5.41) is 1.15. The van der Waals surface area contributed by atoms with E-state index in [4.69, 9.17) is 4.42 Å². The molecule has 0 saturated carbocycles. The van der Waals surface area contributed by atoms with Gasteiger partial charge in [0.05, 0.1) is 11.7 Å². The van der Waals surface area contributed by atoms with Crippen LogP contribution in [0, 0.1) is 6.92 Å². The molecular weight excluding hydrogens is 212 g/mol. The second-order valence-electron chi connectivity index (χ2n) is 4.07. The standard InChI is InChI=1S/C14H12N2O/c1-10-9-16-14(17-10)8-11-4-5-13-12(7-11)3-2-6-15-13/h2-7,9H,8H2,1H3. The molecule has 17 heavy (non-hydrogen) atoms. The van der Waals surface area contributed by atoms with E-state index in [-0.39, 0.29) is 0 Å². The summed E-state index contributed by atoms with van der Waals surface area (Å²) in [4.78, 5) is 8.50. The highest BCUT2D eigenvalue weighted by molar-refractivity contribution is 5.78. The molecule has 0 atom stereocenters. The molecule has 0 spiro atoms. The molecule has 2 heterocycles. The minimum absolute atomic E-state index is 0.721. The maximum absolute atomic E-state index is 5.47. The topological polar surface area (TPSA) is 38.9 Å². The fraction of sp³-hybridized carbons (Fsp3) is 0.143. The highest BCUT2D eigenvalue weighted by Crippen LogP contribution is 2.16. The summed E-state index contributed by atoms with van der Waals surface area (Å²) in [7, 11) is 0. The van der Waals surface area contributed by atoms with E-state index in [0.717, 1.165) is 29.0 Å². The SMILES string of the molecule is Cc1cnc(Cc2ccc3ncccc3c2)o1. The first-order valence-electron chi connectivity index (χ1n) is 5.56. The Hall–Kier alpha value is -2.16. The maximum Gasteiger partial charge on any atom is 0.198 e. The summed E-state index contributed by atoms with van der Waals surface area (Å²) >= 11 is 0. The fourth-order valence-corrected chi connectivity index (χ4v) is 1.89. The van der Waals surface area contributed by atoms with Crippen LogP contribution in [0.5, 0.6) is 0 Å². The van der Waals surface area contributed by atoms with Gasteiger partial charge in [-0.15, -0.1) is 0 Å². The predicted molar refractivity (Wildman–Crippen MR) is 65.8 cm³/mol. The summed E-state index contributed by atoms with van der Waals surface area (Å²) in [5.74, 6) is 1.60. The van der Waals surface area contributed by atoms with Gasteiger partial charge in [-0.25, -0.2) is 4.98 Å². The molecule has 3 nitrogen and oxygen atoms in total. The molecule has 3 aromatic rings. The molecule has 0 unspecified atom stereocenters. The first-order chi connectivity index (χ1) is 8.31. The Morgan fingerprint density at radius 1 is 1.18 bits per heavy atom. The smallest absolute Gasteiger partial charge is 0.198 e. The van der Waals surface area contributed by atoms with Gasteiger partial charge in [0.15, 0.2) is 5.89 Å². The Bertz CT molecular complexity index is 658. The van der Waals surface area contributed by atoms with Gasteiger partial charge in [-0.05, 0) is 30.7 Å². The summed E-state index contributed by atoms with van der Waals surface area (Å²) in [6.07, 6.45) is 4.27. The minimum atomic E-state index is 0.721. The van der Waals surface area contributed by atoms with Crippen LogP contribution in [0.3, 0.4) is 0 Å². The third-order valence-corrected chi connectivity index (χ3v) is 2.69. The molecule has 0 fully saturated rings. The average molecular weight is 224 g/mol. The number of oxazole rings is 1. The Balaban J connectivity index is 1.95. The van der Waals surface area contributed by atoms with Crippen LogP contribution in [-0.4, -0.2) is 9.97 Å². The van der Waals surface area contributed by atoms with E-state index in [1.807, 2.05) is 19.1 Å². The molecule has 2 aromatic heterocycles. The molecule has 0 bridgehead atoms. The Labute approximate surface area is 99.1 Å². The Morgan fingerprint density at radius 2 is 2.12 bits per heavy atom. The second-order valence-corrected chi connectivity index (χ2v) is 4.07. The first-order valence-corrected chi connectivity index (χ1v) is 5.56. The van der Waals surface area contributed by atoms with Gasteiger partial charge in [0, 0.05) is 18.0 Å². The van der Waals surface area contributed by atoms with Crippen LogP contribution in [0.15, 0.2) is 47.1 Å². The van der Waals surface area contributed by atoms with E-state index < -0.39 is 0 Å². The van der Waals surface area contributed by atoms with Gasteiger partial charge in [-0.2, -0.15) is 0 Å². The monoisotopic (exact) mass is 224 g/mol. The number of benzene rings is 1. The molecule has 1 aromatic carbocycles. The maximum atomic E-state index is 5.47. The highest BCUT2D eigenvalue weighted by Gasteiger charge is 2.03. The van der Waals surface area contributed by atoms with Crippen molar-refractivity contribution in [2.45, 2.75) is 13.3 Å². The Kier molecular flexibility index (Phi) is 2.37. The lowest BCUT2D eigenvalue weighted by atomic mass is 10.1. The number of aromatic nitrogens is 2.